The molecule has 4 aromatic rings. The second-order valence-corrected chi connectivity index (χ2v) is 9.29. The highest BCUT2D eigenvalue weighted by molar-refractivity contribution is 7.99. The summed E-state index contributed by atoms with van der Waals surface area (Å²) >= 11 is 2.00. The Morgan fingerprint density at radius 3 is 2.91 bits per heavy atom. The first-order valence-electron chi connectivity index (χ1n) is 11.2. The summed E-state index contributed by atoms with van der Waals surface area (Å²) in [4.78, 5) is 14.2. The van der Waals surface area contributed by atoms with E-state index in [-0.39, 0.29) is 11.6 Å². The summed E-state index contributed by atoms with van der Waals surface area (Å²) in [6.07, 6.45) is 1.57. The van der Waals surface area contributed by atoms with Crippen molar-refractivity contribution in [3.63, 3.8) is 0 Å². The third kappa shape index (κ3) is 5.43. The zero-order valence-corrected chi connectivity index (χ0v) is 19.7. The summed E-state index contributed by atoms with van der Waals surface area (Å²) in [5, 5.41) is 3.65. The van der Waals surface area contributed by atoms with Crippen LogP contribution in [0.15, 0.2) is 54.7 Å². The third-order valence-electron chi connectivity index (χ3n) is 5.55. The van der Waals surface area contributed by atoms with Crippen LogP contribution in [0.2, 0.25) is 0 Å². The van der Waals surface area contributed by atoms with E-state index in [4.69, 9.17) is 9.47 Å². The van der Waals surface area contributed by atoms with Gasteiger partial charge in [-0.2, -0.15) is 16.7 Å². The maximum Gasteiger partial charge on any atom is 0.230 e. The highest BCUT2D eigenvalue weighted by Crippen LogP contribution is 2.30. The van der Waals surface area contributed by atoms with E-state index in [1.807, 2.05) is 43.0 Å². The highest BCUT2D eigenvalue weighted by atomic mass is 32.2. The summed E-state index contributed by atoms with van der Waals surface area (Å²) in [6.45, 7) is 5.69. The van der Waals surface area contributed by atoms with E-state index in [9.17, 15) is 4.39 Å². The summed E-state index contributed by atoms with van der Waals surface area (Å²) < 4.78 is 26.5. The Hall–Kier alpha value is -3.30. The Kier molecular flexibility index (Phi) is 6.82. The molecule has 7 nitrogen and oxygen atoms in total. The molecule has 0 unspecified atom stereocenters. The van der Waals surface area contributed by atoms with E-state index < -0.39 is 5.82 Å². The molecule has 0 aliphatic carbocycles. The van der Waals surface area contributed by atoms with Crippen LogP contribution < -0.4 is 14.8 Å². The number of halogens is 1. The quantitative estimate of drug-likeness (QED) is 0.352. The molecule has 5 rings (SSSR count). The van der Waals surface area contributed by atoms with Crippen molar-refractivity contribution in [2.75, 3.05) is 43.1 Å². The van der Waals surface area contributed by atoms with Crippen LogP contribution in [-0.2, 0) is 0 Å². The smallest absolute Gasteiger partial charge is 0.230 e. The summed E-state index contributed by atoms with van der Waals surface area (Å²) in [5.74, 6) is 3.43. The number of aromatic nitrogens is 3. The number of anilines is 2. The number of aryl methyl sites for hydroxylation is 1. The molecule has 2 aromatic carbocycles. The number of aromatic amines is 1. The van der Waals surface area contributed by atoms with Gasteiger partial charge in [0.05, 0.1) is 0 Å². The van der Waals surface area contributed by atoms with E-state index in [2.05, 4.69) is 25.2 Å². The lowest BCUT2D eigenvalue weighted by atomic mass is 10.2. The molecule has 34 heavy (non-hydrogen) atoms. The zero-order chi connectivity index (χ0) is 23.3. The van der Waals surface area contributed by atoms with Gasteiger partial charge in [-0.05, 0) is 37.3 Å². The maximum absolute atomic E-state index is 14.9. The van der Waals surface area contributed by atoms with Gasteiger partial charge in [-0.3, -0.25) is 4.90 Å². The number of H-pyrrole nitrogens is 1. The fraction of sp³-hybridized carbons (Fsp3) is 0.280. The van der Waals surface area contributed by atoms with Crippen LogP contribution >= 0.6 is 11.8 Å². The highest BCUT2D eigenvalue weighted by Gasteiger charge is 2.13. The molecule has 1 fully saturated rings. The third-order valence-corrected chi connectivity index (χ3v) is 6.49. The minimum atomic E-state index is -0.428. The van der Waals surface area contributed by atoms with Gasteiger partial charge in [0, 0.05) is 71.8 Å². The van der Waals surface area contributed by atoms with Crippen LogP contribution in [0, 0.1) is 12.7 Å². The Morgan fingerprint density at radius 1 is 1.15 bits per heavy atom. The van der Waals surface area contributed by atoms with Gasteiger partial charge in [0.1, 0.15) is 12.4 Å². The summed E-state index contributed by atoms with van der Waals surface area (Å²) in [5.41, 5.74) is 2.40. The van der Waals surface area contributed by atoms with Crippen molar-refractivity contribution in [2.45, 2.75) is 6.92 Å². The second-order valence-electron chi connectivity index (χ2n) is 8.07. The molecule has 1 aliphatic heterocycles. The van der Waals surface area contributed by atoms with Gasteiger partial charge in [0.25, 0.3) is 0 Å². The van der Waals surface area contributed by atoms with Gasteiger partial charge in [-0.15, -0.1) is 0 Å². The fourth-order valence-electron chi connectivity index (χ4n) is 3.85. The zero-order valence-electron chi connectivity index (χ0n) is 18.9. The van der Waals surface area contributed by atoms with E-state index >= 15 is 0 Å². The van der Waals surface area contributed by atoms with Crippen molar-refractivity contribution < 1.29 is 13.9 Å². The van der Waals surface area contributed by atoms with Crippen LogP contribution in [0.3, 0.4) is 0 Å². The van der Waals surface area contributed by atoms with E-state index in [1.54, 1.807) is 30.5 Å². The molecule has 0 radical (unpaired) electrons. The van der Waals surface area contributed by atoms with Gasteiger partial charge in [-0.25, -0.2) is 9.37 Å². The molecule has 0 saturated carbocycles. The molecule has 9 heteroatoms. The second kappa shape index (κ2) is 10.3. The first-order chi connectivity index (χ1) is 16.6. The van der Waals surface area contributed by atoms with Gasteiger partial charge in [0.2, 0.25) is 11.8 Å². The number of benzene rings is 2. The number of nitrogens with one attached hydrogen (secondary N) is 2. The lowest BCUT2D eigenvalue weighted by Crippen LogP contribution is -2.35. The standard InChI is InChI=1S/C25H26FN5O2S/c1-17-15-20-21(28-17)5-6-22(24(20)26)33-23-7-8-27-25(30-23)29-18-3-2-4-19(16-18)32-12-9-31-10-13-34-14-11-31/h2-8,15-16,28H,9-14H2,1H3,(H,27,29,30). The van der Waals surface area contributed by atoms with Crippen molar-refractivity contribution in [2.24, 2.45) is 0 Å². The van der Waals surface area contributed by atoms with E-state index in [0.717, 1.165) is 42.3 Å². The van der Waals surface area contributed by atoms with Crippen molar-refractivity contribution in [3.05, 3.63) is 66.2 Å². The van der Waals surface area contributed by atoms with Crippen LogP contribution in [0.25, 0.3) is 10.9 Å². The predicted molar refractivity (Wildman–Crippen MR) is 134 cm³/mol. The molecule has 2 N–H and O–H groups in total. The van der Waals surface area contributed by atoms with Crippen LogP contribution in [0.4, 0.5) is 16.0 Å². The van der Waals surface area contributed by atoms with Gasteiger partial charge >= 0.3 is 0 Å². The average Bonchev–Trinajstić information content (AvgIpc) is 3.23. The number of fused-ring (bicyclic) bond motifs is 1. The van der Waals surface area contributed by atoms with Crippen LogP contribution in [-0.4, -0.2) is 57.6 Å². The Bertz CT molecular complexity index is 1280. The lowest BCUT2D eigenvalue weighted by Gasteiger charge is -2.25. The molecule has 2 aromatic heterocycles. The molecular formula is C25H26FN5O2S. The summed E-state index contributed by atoms with van der Waals surface area (Å²) in [7, 11) is 0. The minimum absolute atomic E-state index is 0.110. The normalized spacial score (nSPS) is 14.3. The molecule has 0 spiro atoms. The first-order valence-corrected chi connectivity index (χ1v) is 12.4. The van der Waals surface area contributed by atoms with Crippen molar-refractivity contribution in [1.29, 1.82) is 0 Å². The van der Waals surface area contributed by atoms with Crippen molar-refractivity contribution >= 4 is 34.3 Å². The number of hydrogen-bond acceptors (Lipinski definition) is 7. The molecule has 0 amide bonds. The molecule has 0 bridgehead atoms. The average molecular weight is 480 g/mol. The van der Waals surface area contributed by atoms with E-state index in [1.165, 1.54) is 11.5 Å². The molecule has 1 aliphatic rings. The topological polar surface area (TPSA) is 75.3 Å². The van der Waals surface area contributed by atoms with Crippen LogP contribution in [0.5, 0.6) is 17.4 Å². The van der Waals surface area contributed by atoms with Gasteiger partial charge < -0.3 is 19.8 Å². The molecule has 3 heterocycles. The SMILES string of the molecule is Cc1cc2c(F)c(Oc3ccnc(Nc4cccc(OCCN5CCSCC5)c4)n3)ccc2[nH]1. The number of hydrogen-bond donors (Lipinski definition) is 2. The van der Waals surface area contributed by atoms with E-state index in [0.29, 0.717) is 17.9 Å². The molecule has 1 saturated heterocycles. The lowest BCUT2D eigenvalue weighted by molar-refractivity contribution is 0.222. The number of ether oxygens (including phenoxy) is 2. The maximum atomic E-state index is 14.9. The number of thioether (sulfide) groups is 1. The monoisotopic (exact) mass is 479 g/mol. The van der Waals surface area contributed by atoms with Crippen molar-refractivity contribution in [1.82, 2.24) is 19.9 Å². The van der Waals surface area contributed by atoms with Gasteiger partial charge in [0.15, 0.2) is 11.6 Å². The fourth-order valence-corrected chi connectivity index (χ4v) is 4.83. The molecule has 176 valence electrons. The minimum Gasteiger partial charge on any atom is -0.492 e. The Balaban J connectivity index is 1.22. The first kappa shape index (κ1) is 22.5. The Morgan fingerprint density at radius 2 is 2.03 bits per heavy atom. The predicted octanol–water partition coefficient (Wildman–Crippen LogP) is 5.37. The number of nitrogens with zero attached hydrogens (tertiary/aromatic N) is 3. The largest absolute Gasteiger partial charge is 0.492 e. The number of rotatable bonds is 8. The van der Waals surface area contributed by atoms with Gasteiger partial charge in [-0.1, -0.05) is 6.07 Å². The van der Waals surface area contributed by atoms with Crippen LogP contribution in [0.1, 0.15) is 5.69 Å². The molecule has 0 atom stereocenters. The van der Waals surface area contributed by atoms with Crippen molar-refractivity contribution in [3.8, 4) is 17.4 Å². The Labute approximate surface area is 201 Å². The summed E-state index contributed by atoms with van der Waals surface area (Å²) in [6, 6.07) is 14.4. The molecular weight excluding hydrogens is 453 g/mol.